The van der Waals surface area contributed by atoms with Crippen molar-refractivity contribution in [2.75, 3.05) is 4.72 Å². The smallest absolute Gasteiger partial charge is 0.265 e. The second-order valence-corrected chi connectivity index (χ2v) is 7.66. The van der Waals surface area contributed by atoms with E-state index in [1.165, 1.54) is 22.9 Å². The summed E-state index contributed by atoms with van der Waals surface area (Å²) in [6.45, 7) is 0.194. The maximum absolute atomic E-state index is 13.7. The Labute approximate surface area is 152 Å². The lowest BCUT2D eigenvalue weighted by Crippen LogP contribution is -2.14. The van der Waals surface area contributed by atoms with Gasteiger partial charge in [0.2, 0.25) is 0 Å². The molecule has 0 unspecified atom stereocenters. The van der Waals surface area contributed by atoms with Crippen molar-refractivity contribution in [3.63, 3.8) is 0 Å². The van der Waals surface area contributed by atoms with Gasteiger partial charge in [0.25, 0.3) is 10.0 Å². The summed E-state index contributed by atoms with van der Waals surface area (Å²) in [5, 5.41) is 4.15. The first kappa shape index (κ1) is 16.6. The van der Waals surface area contributed by atoms with Gasteiger partial charge in [0, 0.05) is 17.8 Å². The topological polar surface area (TPSA) is 89.8 Å². The number of aromatic nitrogens is 4. The Hall–Kier alpha value is -2.85. The van der Waals surface area contributed by atoms with E-state index < -0.39 is 10.0 Å². The molecule has 26 heavy (non-hydrogen) atoms. The molecular weight excluding hydrogens is 377 g/mol. The van der Waals surface area contributed by atoms with Crippen LogP contribution in [0.2, 0.25) is 0 Å². The number of sulfonamides is 1. The highest BCUT2D eigenvalue weighted by molar-refractivity contribution is 7.93. The third kappa shape index (κ3) is 3.16. The second-order valence-electron chi connectivity index (χ2n) is 5.48. The van der Waals surface area contributed by atoms with Gasteiger partial charge in [-0.3, -0.25) is 9.40 Å². The van der Waals surface area contributed by atoms with Crippen molar-refractivity contribution in [2.45, 2.75) is 11.4 Å². The third-order valence-electron chi connectivity index (χ3n) is 3.71. The summed E-state index contributed by atoms with van der Waals surface area (Å²) in [5.41, 5.74) is 1.29. The zero-order valence-electron chi connectivity index (χ0n) is 13.2. The molecule has 0 aliphatic rings. The largest absolute Gasteiger partial charge is 0.266 e. The minimum atomic E-state index is -3.87. The van der Waals surface area contributed by atoms with Crippen molar-refractivity contribution in [1.29, 1.82) is 0 Å². The molecule has 1 N–H and O–H groups in total. The standard InChI is InChI=1S/C16H12FN5O2S2/c17-12-5-2-1-4-11(12)10-22-9-8-15(18-22)21-26(23,24)14-7-3-6-13-16(14)20-25-19-13/h1-9H,10H2,(H,18,21). The van der Waals surface area contributed by atoms with E-state index in [2.05, 4.69) is 18.6 Å². The molecule has 0 aliphatic carbocycles. The molecule has 4 rings (SSSR count). The molecule has 0 radical (unpaired) electrons. The second kappa shape index (κ2) is 6.46. The average molecular weight is 389 g/mol. The monoisotopic (exact) mass is 389 g/mol. The van der Waals surface area contributed by atoms with E-state index in [9.17, 15) is 12.8 Å². The summed E-state index contributed by atoms with van der Waals surface area (Å²) in [4.78, 5) is 0.0346. The number of anilines is 1. The predicted molar refractivity (Wildman–Crippen MR) is 96.0 cm³/mol. The zero-order chi connectivity index (χ0) is 18.1. The van der Waals surface area contributed by atoms with Gasteiger partial charge < -0.3 is 0 Å². The summed E-state index contributed by atoms with van der Waals surface area (Å²) < 4.78 is 51.0. The van der Waals surface area contributed by atoms with Crippen molar-refractivity contribution in [3.05, 3.63) is 66.1 Å². The Balaban J connectivity index is 1.59. The van der Waals surface area contributed by atoms with Crippen molar-refractivity contribution in [2.24, 2.45) is 0 Å². The summed E-state index contributed by atoms with van der Waals surface area (Å²) >= 11 is 0.949. The maximum atomic E-state index is 13.7. The summed E-state index contributed by atoms with van der Waals surface area (Å²) in [5.74, 6) is -0.200. The fourth-order valence-corrected chi connectivity index (χ4v) is 4.26. The van der Waals surface area contributed by atoms with Gasteiger partial charge in [-0.05, 0) is 18.2 Å². The molecular formula is C16H12FN5O2S2. The summed E-state index contributed by atoms with van der Waals surface area (Å²) in [6.07, 6.45) is 1.58. The van der Waals surface area contributed by atoms with Gasteiger partial charge >= 0.3 is 0 Å². The van der Waals surface area contributed by atoms with E-state index in [4.69, 9.17) is 0 Å². The van der Waals surface area contributed by atoms with Crippen molar-refractivity contribution in [3.8, 4) is 0 Å². The van der Waals surface area contributed by atoms with E-state index in [0.29, 0.717) is 16.6 Å². The van der Waals surface area contributed by atoms with Crippen LogP contribution in [0, 0.1) is 5.82 Å². The van der Waals surface area contributed by atoms with E-state index in [1.54, 1.807) is 36.5 Å². The molecule has 132 valence electrons. The lowest BCUT2D eigenvalue weighted by atomic mass is 10.2. The Bertz CT molecular complexity index is 1190. The number of nitrogens with one attached hydrogen (secondary N) is 1. The number of halogens is 1. The maximum Gasteiger partial charge on any atom is 0.265 e. The predicted octanol–water partition coefficient (Wildman–Crippen LogP) is 2.88. The Morgan fingerprint density at radius 2 is 1.92 bits per heavy atom. The Morgan fingerprint density at radius 1 is 1.08 bits per heavy atom. The van der Waals surface area contributed by atoms with Crippen LogP contribution in [0.15, 0.2) is 59.6 Å². The number of benzene rings is 2. The van der Waals surface area contributed by atoms with Crippen LogP contribution in [0.1, 0.15) is 5.56 Å². The molecule has 0 saturated heterocycles. The molecule has 2 aromatic heterocycles. The van der Waals surface area contributed by atoms with Gasteiger partial charge in [0.15, 0.2) is 5.82 Å². The lowest BCUT2D eigenvalue weighted by Gasteiger charge is -2.06. The molecule has 0 spiro atoms. The van der Waals surface area contributed by atoms with Gasteiger partial charge in [-0.25, -0.2) is 12.8 Å². The molecule has 10 heteroatoms. The van der Waals surface area contributed by atoms with Crippen molar-refractivity contribution < 1.29 is 12.8 Å². The highest BCUT2D eigenvalue weighted by Gasteiger charge is 2.20. The summed E-state index contributed by atoms with van der Waals surface area (Å²) in [7, 11) is -3.87. The molecule has 2 heterocycles. The molecule has 7 nitrogen and oxygen atoms in total. The third-order valence-corrected chi connectivity index (χ3v) is 5.64. The number of hydrogen-bond donors (Lipinski definition) is 1. The average Bonchev–Trinajstić information content (AvgIpc) is 3.25. The fraction of sp³-hybridized carbons (Fsp3) is 0.0625. The van der Waals surface area contributed by atoms with Gasteiger partial charge in [0.1, 0.15) is 21.7 Å². The highest BCUT2D eigenvalue weighted by atomic mass is 32.2. The van der Waals surface area contributed by atoms with Gasteiger partial charge in [0.05, 0.1) is 18.3 Å². The molecule has 0 aliphatic heterocycles. The molecule has 0 atom stereocenters. The Kier molecular flexibility index (Phi) is 4.13. The van der Waals surface area contributed by atoms with Gasteiger partial charge in [-0.2, -0.15) is 13.8 Å². The molecule has 0 fully saturated rings. The minimum absolute atomic E-state index is 0.0346. The highest BCUT2D eigenvalue weighted by Crippen LogP contribution is 2.23. The van der Waals surface area contributed by atoms with Crippen LogP contribution in [-0.2, 0) is 16.6 Å². The van der Waals surface area contributed by atoms with Crippen LogP contribution in [0.25, 0.3) is 11.0 Å². The normalized spacial score (nSPS) is 11.7. The SMILES string of the molecule is O=S(=O)(Nc1ccn(Cc2ccccc2F)n1)c1cccc2nsnc12. The van der Waals surface area contributed by atoms with Crippen LogP contribution in [-0.4, -0.2) is 26.9 Å². The lowest BCUT2D eigenvalue weighted by molar-refractivity contribution is 0.585. The molecule has 4 aromatic rings. The summed E-state index contributed by atoms with van der Waals surface area (Å²) in [6, 6.07) is 12.6. The number of fused-ring (bicyclic) bond motifs is 1. The van der Waals surface area contributed by atoms with Gasteiger partial charge in [-0.1, -0.05) is 24.3 Å². The van der Waals surface area contributed by atoms with Crippen LogP contribution < -0.4 is 4.72 Å². The minimum Gasteiger partial charge on any atom is -0.266 e. The van der Waals surface area contributed by atoms with E-state index in [1.807, 2.05) is 0 Å². The van der Waals surface area contributed by atoms with E-state index in [-0.39, 0.29) is 23.1 Å². The number of rotatable bonds is 5. The first-order chi connectivity index (χ1) is 12.5. The van der Waals surface area contributed by atoms with E-state index >= 15 is 0 Å². The van der Waals surface area contributed by atoms with Crippen molar-refractivity contribution in [1.82, 2.24) is 18.5 Å². The Morgan fingerprint density at radius 3 is 2.77 bits per heavy atom. The van der Waals surface area contributed by atoms with Crippen LogP contribution in [0.5, 0.6) is 0 Å². The number of hydrogen-bond acceptors (Lipinski definition) is 6. The van der Waals surface area contributed by atoms with E-state index in [0.717, 1.165) is 11.7 Å². The van der Waals surface area contributed by atoms with Crippen LogP contribution in [0.4, 0.5) is 10.2 Å². The fourth-order valence-electron chi connectivity index (χ4n) is 2.50. The zero-order valence-corrected chi connectivity index (χ0v) is 14.8. The molecule has 0 saturated carbocycles. The van der Waals surface area contributed by atoms with Crippen LogP contribution >= 0.6 is 11.7 Å². The van der Waals surface area contributed by atoms with Gasteiger partial charge in [-0.15, -0.1) is 0 Å². The van der Waals surface area contributed by atoms with Crippen LogP contribution in [0.3, 0.4) is 0 Å². The molecule has 0 amide bonds. The van der Waals surface area contributed by atoms with Crippen molar-refractivity contribution >= 4 is 38.6 Å². The molecule has 2 aromatic carbocycles. The first-order valence-corrected chi connectivity index (χ1v) is 9.75. The molecule has 0 bridgehead atoms. The number of nitrogens with zero attached hydrogens (tertiary/aromatic N) is 4. The quantitative estimate of drug-likeness (QED) is 0.567. The first-order valence-electron chi connectivity index (χ1n) is 7.54.